The lowest BCUT2D eigenvalue weighted by Crippen LogP contribution is -1.80. The second-order valence-corrected chi connectivity index (χ2v) is 5.73. The predicted octanol–water partition coefficient (Wildman–Crippen LogP) is 4.47. The Morgan fingerprint density at radius 1 is 1.05 bits per heavy atom. The maximum absolute atomic E-state index is 4.64. The molecule has 1 heterocycles. The van der Waals surface area contributed by atoms with Crippen molar-refractivity contribution in [3.8, 4) is 0 Å². The summed E-state index contributed by atoms with van der Waals surface area (Å²) in [6.45, 7) is 4.26. The Morgan fingerprint density at radius 3 is 2.58 bits per heavy atom. The van der Waals surface area contributed by atoms with Gasteiger partial charge in [-0.05, 0) is 42.7 Å². The van der Waals surface area contributed by atoms with E-state index in [9.17, 15) is 0 Å². The third-order valence-corrected chi connectivity index (χ3v) is 4.24. The van der Waals surface area contributed by atoms with E-state index in [1.807, 2.05) is 6.07 Å². The highest BCUT2D eigenvalue weighted by molar-refractivity contribution is 7.98. The van der Waals surface area contributed by atoms with Crippen LogP contribution in [0.3, 0.4) is 0 Å². The van der Waals surface area contributed by atoms with Crippen molar-refractivity contribution in [2.24, 2.45) is 0 Å². The molecule has 0 saturated carbocycles. The van der Waals surface area contributed by atoms with Gasteiger partial charge >= 0.3 is 0 Å². The summed E-state index contributed by atoms with van der Waals surface area (Å²) in [5.74, 6) is 0.943. The Morgan fingerprint density at radius 2 is 1.79 bits per heavy atom. The van der Waals surface area contributed by atoms with Crippen LogP contribution < -0.4 is 0 Å². The molecule has 0 atom stereocenters. The molecule has 96 valence electrons. The number of rotatable bonds is 3. The van der Waals surface area contributed by atoms with Crippen LogP contribution in [-0.2, 0) is 5.75 Å². The van der Waals surface area contributed by atoms with Crippen molar-refractivity contribution in [1.82, 2.24) is 9.97 Å². The summed E-state index contributed by atoms with van der Waals surface area (Å²) in [6.07, 6.45) is 0. The molecule has 1 N–H and O–H groups in total. The summed E-state index contributed by atoms with van der Waals surface area (Å²) in [5, 5.41) is 0.990. The molecule has 2 aromatic carbocycles. The topological polar surface area (TPSA) is 28.7 Å². The van der Waals surface area contributed by atoms with E-state index < -0.39 is 0 Å². The van der Waals surface area contributed by atoms with Crippen molar-refractivity contribution in [1.29, 1.82) is 0 Å². The first-order valence-electron chi connectivity index (χ1n) is 6.36. The third kappa shape index (κ3) is 2.66. The van der Waals surface area contributed by atoms with Gasteiger partial charge in [-0.25, -0.2) is 4.98 Å². The minimum absolute atomic E-state index is 0.943. The summed E-state index contributed by atoms with van der Waals surface area (Å²) >= 11 is 1.74. The zero-order chi connectivity index (χ0) is 13.2. The van der Waals surface area contributed by atoms with Crippen molar-refractivity contribution in [2.45, 2.75) is 24.8 Å². The molecule has 0 aliphatic rings. The van der Waals surface area contributed by atoms with Crippen molar-refractivity contribution in [2.75, 3.05) is 0 Å². The third-order valence-electron chi connectivity index (χ3n) is 3.29. The summed E-state index contributed by atoms with van der Waals surface area (Å²) in [7, 11) is 0. The second-order valence-electron chi connectivity index (χ2n) is 4.77. The Kier molecular flexibility index (Phi) is 3.30. The van der Waals surface area contributed by atoms with Gasteiger partial charge in [0.05, 0.1) is 11.0 Å². The number of aromatic nitrogens is 2. The number of H-pyrrole nitrogens is 1. The molecule has 0 spiro atoms. The maximum Gasteiger partial charge on any atom is 0.166 e. The molecule has 19 heavy (non-hydrogen) atoms. The van der Waals surface area contributed by atoms with E-state index >= 15 is 0 Å². The fourth-order valence-electron chi connectivity index (χ4n) is 2.04. The summed E-state index contributed by atoms with van der Waals surface area (Å²) in [6, 6.07) is 14.8. The Labute approximate surface area is 117 Å². The van der Waals surface area contributed by atoms with Gasteiger partial charge in [-0.3, -0.25) is 0 Å². The fraction of sp³-hybridized carbons (Fsp3) is 0.188. The number of aryl methyl sites for hydroxylation is 2. The normalized spacial score (nSPS) is 11.1. The number of hydrogen-bond donors (Lipinski definition) is 1. The molecule has 3 aromatic rings. The molecule has 2 nitrogen and oxygen atoms in total. The van der Waals surface area contributed by atoms with Crippen molar-refractivity contribution < 1.29 is 0 Å². The average Bonchev–Trinajstić information content (AvgIpc) is 2.80. The van der Waals surface area contributed by atoms with E-state index in [1.54, 1.807) is 11.8 Å². The molecule has 3 heteroatoms. The first kappa shape index (κ1) is 12.3. The minimum atomic E-state index is 0.943. The first-order valence-corrected chi connectivity index (χ1v) is 7.34. The zero-order valence-electron chi connectivity index (χ0n) is 11.1. The van der Waals surface area contributed by atoms with E-state index in [-0.39, 0.29) is 0 Å². The van der Waals surface area contributed by atoms with Crippen LogP contribution >= 0.6 is 11.8 Å². The Balaban J connectivity index is 1.82. The number of nitrogens with one attached hydrogen (secondary N) is 1. The molecule has 0 saturated heterocycles. The van der Waals surface area contributed by atoms with E-state index in [1.165, 1.54) is 16.7 Å². The van der Waals surface area contributed by atoms with Crippen molar-refractivity contribution in [3.63, 3.8) is 0 Å². The monoisotopic (exact) mass is 268 g/mol. The summed E-state index contributed by atoms with van der Waals surface area (Å²) in [4.78, 5) is 8.02. The van der Waals surface area contributed by atoms with Crippen LogP contribution in [0.1, 0.15) is 16.7 Å². The molecule has 0 bridgehead atoms. The number of fused-ring (bicyclic) bond motifs is 1. The highest BCUT2D eigenvalue weighted by atomic mass is 32.2. The van der Waals surface area contributed by atoms with Gasteiger partial charge in [-0.2, -0.15) is 0 Å². The molecule has 0 aliphatic carbocycles. The first-order chi connectivity index (χ1) is 9.22. The lowest BCUT2D eigenvalue weighted by Gasteiger charge is -1.97. The van der Waals surface area contributed by atoms with E-state index in [4.69, 9.17) is 0 Å². The number of hydrogen-bond acceptors (Lipinski definition) is 2. The zero-order valence-corrected chi connectivity index (χ0v) is 11.9. The van der Waals surface area contributed by atoms with Crippen LogP contribution in [0, 0.1) is 13.8 Å². The van der Waals surface area contributed by atoms with Crippen molar-refractivity contribution in [3.05, 3.63) is 59.2 Å². The average molecular weight is 268 g/mol. The number of imidazole rings is 1. The number of thioether (sulfide) groups is 1. The molecule has 0 unspecified atom stereocenters. The van der Waals surface area contributed by atoms with E-state index in [0.29, 0.717) is 0 Å². The van der Waals surface area contributed by atoms with Gasteiger partial charge in [0.1, 0.15) is 0 Å². The standard InChI is InChI=1S/C16H16N2S/c1-11-8-14-15(9-12(11)2)18-16(17-14)19-10-13-6-4-3-5-7-13/h3-9H,10H2,1-2H3,(H,17,18). The second kappa shape index (κ2) is 5.10. The maximum atomic E-state index is 4.64. The van der Waals surface area contributed by atoms with Crippen LogP contribution in [0.15, 0.2) is 47.6 Å². The molecular formula is C16H16N2S. The number of aromatic amines is 1. The quantitative estimate of drug-likeness (QED) is 0.710. The molecule has 3 rings (SSSR count). The van der Waals surface area contributed by atoms with E-state index in [0.717, 1.165) is 21.9 Å². The van der Waals surface area contributed by atoms with Crippen LogP contribution in [0.5, 0.6) is 0 Å². The molecular weight excluding hydrogens is 252 g/mol. The molecule has 0 amide bonds. The van der Waals surface area contributed by atoms with Gasteiger partial charge in [-0.15, -0.1) is 0 Å². The largest absolute Gasteiger partial charge is 0.333 e. The van der Waals surface area contributed by atoms with Gasteiger partial charge in [0.2, 0.25) is 0 Å². The Bertz CT molecular complexity index is 662. The van der Waals surface area contributed by atoms with E-state index in [2.05, 4.69) is 60.2 Å². The summed E-state index contributed by atoms with van der Waals surface area (Å²) < 4.78 is 0. The van der Waals surface area contributed by atoms with Crippen molar-refractivity contribution >= 4 is 22.8 Å². The van der Waals surface area contributed by atoms with Gasteiger partial charge in [0.15, 0.2) is 5.16 Å². The highest BCUT2D eigenvalue weighted by Crippen LogP contribution is 2.24. The number of benzene rings is 2. The van der Waals surface area contributed by atoms with Gasteiger partial charge in [-0.1, -0.05) is 42.1 Å². The SMILES string of the molecule is Cc1cc2nc(SCc3ccccc3)[nH]c2cc1C. The molecule has 0 radical (unpaired) electrons. The molecule has 0 aliphatic heterocycles. The highest BCUT2D eigenvalue weighted by Gasteiger charge is 2.05. The molecule has 1 aromatic heterocycles. The lowest BCUT2D eigenvalue weighted by molar-refractivity contribution is 1.08. The van der Waals surface area contributed by atoms with Crippen LogP contribution in [-0.4, -0.2) is 9.97 Å². The van der Waals surface area contributed by atoms with Crippen LogP contribution in [0.25, 0.3) is 11.0 Å². The Hall–Kier alpha value is -1.74. The van der Waals surface area contributed by atoms with Crippen LogP contribution in [0.4, 0.5) is 0 Å². The molecule has 0 fully saturated rings. The summed E-state index contributed by atoms with van der Waals surface area (Å²) in [5.41, 5.74) is 6.09. The fourth-order valence-corrected chi connectivity index (χ4v) is 2.88. The predicted molar refractivity (Wildman–Crippen MR) is 81.6 cm³/mol. The van der Waals surface area contributed by atoms with Crippen LogP contribution in [0.2, 0.25) is 0 Å². The minimum Gasteiger partial charge on any atom is -0.333 e. The smallest absolute Gasteiger partial charge is 0.166 e. The van der Waals surface area contributed by atoms with Gasteiger partial charge in [0, 0.05) is 5.75 Å². The lowest BCUT2D eigenvalue weighted by atomic mass is 10.1. The number of nitrogens with zero attached hydrogens (tertiary/aromatic N) is 1. The van der Waals surface area contributed by atoms with Gasteiger partial charge < -0.3 is 4.98 Å². The van der Waals surface area contributed by atoms with Gasteiger partial charge in [0.25, 0.3) is 0 Å².